The average Bonchev–Trinajstić information content (AvgIpc) is 2.28. The van der Waals surface area contributed by atoms with Crippen LogP contribution in [-0.4, -0.2) is 35.2 Å². The van der Waals surface area contributed by atoms with Gasteiger partial charge in [0, 0.05) is 17.6 Å². The molecule has 2 unspecified atom stereocenters. The third-order valence-corrected chi connectivity index (χ3v) is 3.64. The molecule has 1 aromatic rings. The molecule has 18 heavy (non-hydrogen) atoms. The van der Waals surface area contributed by atoms with E-state index in [4.69, 9.17) is 5.73 Å². The second-order valence-electron chi connectivity index (χ2n) is 5.80. The van der Waals surface area contributed by atoms with E-state index >= 15 is 0 Å². The molecule has 1 aromatic carbocycles. The fraction of sp³-hybridized carbons (Fsp3) is 0.600. The van der Waals surface area contributed by atoms with E-state index in [0.717, 1.165) is 0 Å². The lowest BCUT2D eigenvalue weighted by atomic mass is 9.93. The van der Waals surface area contributed by atoms with E-state index in [-0.39, 0.29) is 24.2 Å². The summed E-state index contributed by atoms with van der Waals surface area (Å²) in [6, 6.07) is 8.51. The summed E-state index contributed by atoms with van der Waals surface area (Å²) in [6.45, 7) is 8.25. The van der Waals surface area contributed by atoms with Crippen molar-refractivity contribution in [3.8, 4) is 0 Å². The van der Waals surface area contributed by atoms with Crippen molar-refractivity contribution in [2.45, 2.75) is 45.3 Å². The van der Waals surface area contributed by atoms with Gasteiger partial charge in [0.25, 0.3) is 0 Å². The summed E-state index contributed by atoms with van der Waals surface area (Å²) in [4.78, 5) is 2.16. The van der Waals surface area contributed by atoms with E-state index in [1.54, 1.807) is 0 Å². The van der Waals surface area contributed by atoms with Gasteiger partial charge in [-0.25, -0.2) is 0 Å². The van der Waals surface area contributed by atoms with Crippen LogP contribution < -0.4 is 5.73 Å². The largest absolute Gasteiger partial charge is 0.394 e. The summed E-state index contributed by atoms with van der Waals surface area (Å²) in [7, 11) is 2.02. The molecule has 3 heteroatoms. The highest BCUT2D eigenvalue weighted by Gasteiger charge is 2.31. The molecule has 0 fully saturated rings. The fourth-order valence-electron chi connectivity index (χ4n) is 2.22. The number of hydrogen-bond acceptors (Lipinski definition) is 3. The molecule has 2 atom stereocenters. The fourth-order valence-corrected chi connectivity index (χ4v) is 2.22. The maximum atomic E-state index is 9.51. The number of nitrogens with two attached hydrogens (primary N) is 1. The zero-order chi connectivity index (χ0) is 13.9. The van der Waals surface area contributed by atoms with E-state index in [2.05, 4.69) is 36.1 Å². The van der Waals surface area contributed by atoms with E-state index in [1.165, 1.54) is 11.1 Å². The quantitative estimate of drug-likeness (QED) is 0.841. The molecule has 0 aromatic heterocycles. The molecule has 0 aliphatic heterocycles. The van der Waals surface area contributed by atoms with Gasteiger partial charge in [-0.3, -0.25) is 4.90 Å². The van der Waals surface area contributed by atoms with Gasteiger partial charge in [0.15, 0.2) is 0 Å². The number of aliphatic hydroxyl groups is 1. The van der Waals surface area contributed by atoms with Gasteiger partial charge in [-0.05, 0) is 40.3 Å². The predicted octanol–water partition coefficient (Wildman–Crippen LogP) is 2.09. The van der Waals surface area contributed by atoms with E-state index in [1.807, 2.05) is 27.8 Å². The van der Waals surface area contributed by atoms with E-state index in [0.29, 0.717) is 0 Å². The number of aryl methyl sites for hydroxylation is 1. The molecule has 1 rings (SSSR count). The highest BCUT2D eigenvalue weighted by atomic mass is 16.3. The minimum Gasteiger partial charge on any atom is -0.394 e. The number of hydrogen-bond donors (Lipinski definition) is 2. The highest BCUT2D eigenvalue weighted by Crippen LogP contribution is 2.29. The summed E-state index contributed by atoms with van der Waals surface area (Å²) in [6.07, 6.45) is 0. The van der Waals surface area contributed by atoms with Crippen molar-refractivity contribution in [2.24, 2.45) is 5.73 Å². The van der Waals surface area contributed by atoms with Crippen molar-refractivity contribution in [1.82, 2.24) is 4.90 Å². The van der Waals surface area contributed by atoms with Gasteiger partial charge in [0.05, 0.1) is 6.61 Å². The third-order valence-electron chi connectivity index (χ3n) is 3.64. The van der Waals surface area contributed by atoms with Crippen LogP contribution in [0.15, 0.2) is 24.3 Å². The summed E-state index contributed by atoms with van der Waals surface area (Å²) < 4.78 is 0. The molecule has 0 aliphatic carbocycles. The second-order valence-corrected chi connectivity index (χ2v) is 5.80. The normalized spacial score (nSPS) is 15.8. The molecular weight excluding hydrogens is 224 g/mol. The maximum Gasteiger partial charge on any atom is 0.0610 e. The van der Waals surface area contributed by atoms with Crippen LogP contribution in [0.5, 0.6) is 0 Å². The molecule has 0 saturated heterocycles. The first kappa shape index (κ1) is 15.2. The molecule has 0 radical (unpaired) electrons. The standard InChI is InChI=1S/C15H26N2O/c1-11-7-6-8-13(9-11)14(12(2)16)17(5)15(3,4)10-18/h6-9,12,14,18H,10,16H2,1-5H3. The average molecular weight is 250 g/mol. The zero-order valence-electron chi connectivity index (χ0n) is 12.1. The van der Waals surface area contributed by atoms with Crippen molar-refractivity contribution in [1.29, 1.82) is 0 Å². The first-order valence-electron chi connectivity index (χ1n) is 6.45. The van der Waals surface area contributed by atoms with Gasteiger partial charge in [0.2, 0.25) is 0 Å². The second kappa shape index (κ2) is 5.83. The summed E-state index contributed by atoms with van der Waals surface area (Å²) >= 11 is 0. The van der Waals surface area contributed by atoms with Crippen molar-refractivity contribution < 1.29 is 5.11 Å². The van der Waals surface area contributed by atoms with Crippen LogP contribution in [0.25, 0.3) is 0 Å². The molecule has 102 valence electrons. The van der Waals surface area contributed by atoms with Crippen LogP contribution in [0.4, 0.5) is 0 Å². The van der Waals surface area contributed by atoms with Gasteiger partial charge in [-0.2, -0.15) is 0 Å². The van der Waals surface area contributed by atoms with Crippen LogP contribution in [0, 0.1) is 6.92 Å². The number of nitrogens with zero attached hydrogens (tertiary/aromatic N) is 1. The number of likely N-dealkylation sites (N-methyl/N-ethyl adjacent to an activating group) is 1. The van der Waals surface area contributed by atoms with Gasteiger partial charge in [-0.1, -0.05) is 29.8 Å². The Labute approximate surface area is 111 Å². The van der Waals surface area contributed by atoms with E-state index in [9.17, 15) is 5.11 Å². The third kappa shape index (κ3) is 3.31. The Morgan fingerprint density at radius 2 is 2.00 bits per heavy atom. The van der Waals surface area contributed by atoms with E-state index < -0.39 is 0 Å². The van der Waals surface area contributed by atoms with Crippen LogP contribution in [0.3, 0.4) is 0 Å². The number of aliphatic hydroxyl groups excluding tert-OH is 1. The first-order chi connectivity index (χ1) is 8.29. The summed E-state index contributed by atoms with van der Waals surface area (Å²) in [5.74, 6) is 0. The Balaban J connectivity index is 3.11. The molecular formula is C15H26N2O. The molecule has 0 amide bonds. The van der Waals surface area contributed by atoms with Crippen LogP contribution in [0.2, 0.25) is 0 Å². The topological polar surface area (TPSA) is 49.5 Å². The van der Waals surface area contributed by atoms with Crippen molar-refractivity contribution in [3.63, 3.8) is 0 Å². The zero-order valence-corrected chi connectivity index (χ0v) is 12.1. The minimum atomic E-state index is -0.290. The summed E-state index contributed by atoms with van der Waals surface area (Å²) in [5, 5.41) is 9.51. The molecule has 0 bridgehead atoms. The smallest absolute Gasteiger partial charge is 0.0610 e. The SMILES string of the molecule is Cc1cccc(C(C(C)N)N(C)C(C)(C)CO)c1. The van der Waals surface area contributed by atoms with Crippen LogP contribution in [0.1, 0.15) is 37.9 Å². The van der Waals surface area contributed by atoms with Gasteiger partial charge in [0.1, 0.15) is 0 Å². The Kier molecular flexibility index (Phi) is 4.91. The minimum absolute atomic E-state index is 0.00243. The van der Waals surface area contributed by atoms with Gasteiger partial charge < -0.3 is 10.8 Å². The molecule has 3 N–H and O–H groups in total. The Morgan fingerprint density at radius 1 is 1.39 bits per heavy atom. The molecule has 0 aliphatic rings. The lowest BCUT2D eigenvalue weighted by molar-refractivity contribution is 0.0370. The number of benzene rings is 1. The highest BCUT2D eigenvalue weighted by molar-refractivity contribution is 5.26. The number of rotatable bonds is 5. The molecule has 3 nitrogen and oxygen atoms in total. The van der Waals surface area contributed by atoms with Gasteiger partial charge >= 0.3 is 0 Å². The Bertz CT molecular complexity index is 388. The Morgan fingerprint density at radius 3 is 2.44 bits per heavy atom. The monoisotopic (exact) mass is 250 g/mol. The lowest BCUT2D eigenvalue weighted by Crippen LogP contribution is -2.50. The first-order valence-corrected chi connectivity index (χ1v) is 6.45. The van der Waals surface area contributed by atoms with Gasteiger partial charge in [-0.15, -0.1) is 0 Å². The van der Waals surface area contributed by atoms with Crippen LogP contribution >= 0.6 is 0 Å². The van der Waals surface area contributed by atoms with Crippen LogP contribution in [-0.2, 0) is 0 Å². The van der Waals surface area contributed by atoms with Crippen molar-refractivity contribution in [3.05, 3.63) is 35.4 Å². The predicted molar refractivity (Wildman–Crippen MR) is 76.5 cm³/mol. The molecule has 0 heterocycles. The summed E-state index contributed by atoms with van der Waals surface area (Å²) in [5.41, 5.74) is 8.29. The molecule has 0 saturated carbocycles. The van der Waals surface area contributed by atoms with Crippen molar-refractivity contribution in [2.75, 3.05) is 13.7 Å². The molecule has 0 spiro atoms. The van der Waals surface area contributed by atoms with Crippen molar-refractivity contribution >= 4 is 0 Å². The Hall–Kier alpha value is -0.900. The lowest BCUT2D eigenvalue weighted by Gasteiger charge is -2.42. The maximum absolute atomic E-state index is 9.51.